The van der Waals surface area contributed by atoms with E-state index in [-0.39, 0.29) is 11.5 Å². The van der Waals surface area contributed by atoms with Crippen molar-refractivity contribution in [1.82, 2.24) is 0 Å². The first-order chi connectivity index (χ1) is 14.5. The molecule has 1 aliphatic heterocycles. The van der Waals surface area contributed by atoms with Gasteiger partial charge < -0.3 is 15.3 Å². The summed E-state index contributed by atoms with van der Waals surface area (Å²) in [4.78, 5) is 26.7. The quantitative estimate of drug-likeness (QED) is 0.636. The van der Waals surface area contributed by atoms with Gasteiger partial charge in [0, 0.05) is 30.3 Å². The van der Waals surface area contributed by atoms with Gasteiger partial charge in [0.05, 0.1) is 11.3 Å². The summed E-state index contributed by atoms with van der Waals surface area (Å²) in [5, 5.41) is 12.6. The SMILES string of the molecule is Cc1ccccc1C(=O)Nc1ccc(N2CC[C@@H](c3ccccc3)C2)c(C(=O)O)c1. The van der Waals surface area contributed by atoms with Crippen LogP contribution in [-0.2, 0) is 0 Å². The first-order valence-electron chi connectivity index (χ1n) is 10.1. The van der Waals surface area contributed by atoms with Gasteiger partial charge in [0.1, 0.15) is 0 Å². The highest BCUT2D eigenvalue weighted by Crippen LogP contribution is 2.33. The molecule has 5 heteroatoms. The minimum absolute atomic E-state index is 0.200. The Morgan fingerprint density at radius 1 is 0.967 bits per heavy atom. The number of carbonyl (C=O) groups excluding carboxylic acids is 1. The van der Waals surface area contributed by atoms with Crippen LogP contribution in [0.15, 0.2) is 72.8 Å². The van der Waals surface area contributed by atoms with Crippen molar-refractivity contribution in [3.63, 3.8) is 0 Å². The average Bonchev–Trinajstić information content (AvgIpc) is 3.24. The summed E-state index contributed by atoms with van der Waals surface area (Å²) in [5.41, 5.74) is 4.08. The lowest BCUT2D eigenvalue weighted by Crippen LogP contribution is -2.22. The highest BCUT2D eigenvalue weighted by atomic mass is 16.4. The van der Waals surface area contributed by atoms with Crippen molar-refractivity contribution in [1.29, 1.82) is 0 Å². The molecule has 0 saturated carbocycles. The van der Waals surface area contributed by atoms with Crippen LogP contribution in [0.5, 0.6) is 0 Å². The summed E-state index contributed by atoms with van der Waals surface area (Å²) < 4.78 is 0. The lowest BCUT2D eigenvalue weighted by atomic mass is 9.99. The predicted octanol–water partition coefficient (Wildman–Crippen LogP) is 4.94. The van der Waals surface area contributed by atoms with E-state index in [0.29, 0.717) is 22.9 Å². The molecule has 3 aromatic carbocycles. The number of benzene rings is 3. The highest BCUT2D eigenvalue weighted by molar-refractivity contribution is 6.06. The number of anilines is 2. The molecule has 1 saturated heterocycles. The number of hydrogen-bond donors (Lipinski definition) is 2. The number of carbonyl (C=O) groups is 2. The molecule has 0 radical (unpaired) electrons. The third kappa shape index (κ3) is 4.06. The van der Waals surface area contributed by atoms with Crippen molar-refractivity contribution < 1.29 is 14.7 Å². The van der Waals surface area contributed by atoms with Crippen molar-refractivity contribution in [2.75, 3.05) is 23.3 Å². The van der Waals surface area contributed by atoms with Gasteiger partial charge in [-0.1, -0.05) is 48.5 Å². The molecule has 0 spiro atoms. The average molecular weight is 400 g/mol. The van der Waals surface area contributed by atoms with Gasteiger partial charge in [-0.25, -0.2) is 4.79 Å². The number of aromatic carboxylic acids is 1. The zero-order valence-corrected chi connectivity index (χ0v) is 16.8. The summed E-state index contributed by atoms with van der Waals surface area (Å²) >= 11 is 0. The van der Waals surface area contributed by atoms with E-state index in [2.05, 4.69) is 22.3 Å². The second kappa shape index (κ2) is 8.41. The summed E-state index contributed by atoms with van der Waals surface area (Å²) in [6.45, 7) is 3.45. The normalized spacial score (nSPS) is 15.8. The van der Waals surface area contributed by atoms with Gasteiger partial charge in [-0.2, -0.15) is 0 Å². The van der Waals surface area contributed by atoms with Gasteiger partial charge >= 0.3 is 5.97 Å². The van der Waals surface area contributed by atoms with Crippen LogP contribution in [0.25, 0.3) is 0 Å². The van der Waals surface area contributed by atoms with Gasteiger partial charge in [-0.05, 0) is 48.7 Å². The first kappa shape index (κ1) is 19.7. The molecule has 0 unspecified atom stereocenters. The Kier molecular flexibility index (Phi) is 5.53. The minimum atomic E-state index is -1.000. The molecule has 0 aromatic heterocycles. The maximum Gasteiger partial charge on any atom is 0.337 e. The molecule has 1 aliphatic rings. The van der Waals surface area contributed by atoms with Crippen molar-refractivity contribution in [2.45, 2.75) is 19.3 Å². The van der Waals surface area contributed by atoms with E-state index in [1.807, 2.05) is 43.3 Å². The fourth-order valence-electron chi connectivity index (χ4n) is 4.06. The largest absolute Gasteiger partial charge is 0.478 e. The van der Waals surface area contributed by atoms with E-state index in [1.54, 1.807) is 24.3 Å². The molecule has 30 heavy (non-hydrogen) atoms. The second-order valence-corrected chi connectivity index (χ2v) is 7.65. The smallest absolute Gasteiger partial charge is 0.337 e. The molecular formula is C25H24N2O3. The van der Waals surface area contributed by atoms with Gasteiger partial charge in [0.2, 0.25) is 0 Å². The molecule has 2 N–H and O–H groups in total. The maximum absolute atomic E-state index is 12.6. The van der Waals surface area contributed by atoms with E-state index in [9.17, 15) is 14.7 Å². The standard InChI is InChI=1S/C25H24N2O3/c1-17-7-5-6-10-21(17)24(28)26-20-11-12-23(22(15-20)25(29)30)27-14-13-19(16-27)18-8-3-2-4-9-18/h2-12,15,19H,13-14,16H2,1H3,(H,26,28)(H,29,30)/t19-/m1/s1. The molecule has 1 atom stereocenters. The van der Waals surface area contributed by atoms with Gasteiger partial charge in [-0.15, -0.1) is 0 Å². The van der Waals surface area contributed by atoms with Gasteiger partial charge in [-0.3, -0.25) is 4.79 Å². The van der Waals surface area contributed by atoms with E-state index in [1.165, 1.54) is 5.56 Å². The topological polar surface area (TPSA) is 69.6 Å². The fourth-order valence-corrected chi connectivity index (χ4v) is 4.06. The zero-order valence-electron chi connectivity index (χ0n) is 16.8. The van der Waals surface area contributed by atoms with Crippen LogP contribution in [0.1, 0.15) is 44.2 Å². The van der Waals surface area contributed by atoms with Crippen LogP contribution in [0.3, 0.4) is 0 Å². The Balaban J connectivity index is 1.55. The molecule has 1 fully saturated rings. The number of nitrogens with one attached hydrogen (secondary N) is 1. The van der Waals surface area contributed by atoms with E-state index >= 15 is 0 Å². The molecule has 4 rings (SSSR count). The maximum atomic E-state index is 12.6. The van der Waals surface area contributed by atoms with Crippen LogP contribution in [0.4, 0.5) is 11.4 Å². The fraction of sp³-hybridized carbons (Fsp3) is 0.200. The number of rotatable bonds is 5. The third-order valence-electron chi connectivity index (χ3n) is 5.67. The summed E-state index contributed by atoms with van der Waals surface area (Å²) in [6.07, 6.45) is 0.981. The van der Waals surface area contributed by atoms with Crippen molar-refractivity contribution in [3.8, 4) is 0 Å². The molecule has 1 amide bonds. The molecule has 3 aromatic rings. The zero-order chi connectivity index (χ0) is 21.1. The number of carboxylic acids is 1. The molecule has 0 bridgehead atoms. The molecule has 0 aliphatic carbocycles. The van der Waals surface area contributed by atoms with Gasteiger partial charge in [0.15, 0.2) is 0 Å². The summed E-state index contributed by atoms with van der Waals surface area (Å²) in [7, 11) is 0. The Bertz CT molecular complexity index is 1080. The number of amides is 1. The second-order valence-electron chi connectivity index (χ2n) is 7.65. The van der Waals surface area contributed by atoms with Gasteiger partial charge in [0.25, 0.3) is 5.91 Å². The van der Waals surface area contributed by atoms with Crippen molar-refractivity contribution >= 4 is 23.3 Å². The lowest BCUT2D eigenvalue weighted by molar-refractivity contribution is 0.0697. The number of carboxylic acid groups (broad SMARTS) is 1. The van der Waals surface area contributed by atoms with Crippen LogP contribution in [-0.4, -0.2) is 30.1 Å². The first-order valence-corrected chi connectivity index (χ1v) is 10.1. The van der Waals surface area contributed by atoms with Crippen molar-refractivity contribution in [2.24, 2.45) is 0 Å². The number of aryl methyl sites for hydroxylation is 1. The Hall–Kier alpha value is -3.60. The molecule has 1 heterocycles. The van der Waals surface area contributed by atoms with E-state index in [4.69, 9.17) is 0 Å². The van der Waals surface area contributed by atoms with Crippen molar-refractivity contribution in [3.05, 3.63) is 95.1 Å². The summed E-state index contributed by atoms with van der Waals surface area (Å²) in [5.74, 6) is -0.865. The van der Waals surface area contributed by atoms with E-state index < -0.39 is 5.97 Å². The highest BCUT2D eigenvalue weighted by Gasteiger charge is 2.27. The lowest BCUT2D eigenvalue weighted by Gasteiger charge is -2.22. The monoisotopic (exact) mass is 400 g/mol. The van der Waals surface area contributed by atoms with E-state index in [0.717, 1.165) is 25.1 Å². The molecule has 152 valence electrons. The number of hydrogen-bond acceptors (Lipinski definition) is 3. The summed E-state index contributed by atoms with van der Waals surface area (Å²) in [6, 6.07) is 22.7. The minimum Gasteiger partial charge on any atom is -0.478 e. The molecule has 5 nitrogen and oxygen atoms in total. The Labute approximate surface area is 176 Å². The Morgan fingerprint density at radius 2 is 1.70 bits per heavy atom. The van der Waals surface area contributed by atoms with Crippen LogP contribution in [0, 0.1) is 6.92 Å². The van der Waals surface area contributed by atoms with Crippen LogP contribution >= 0.6 is 0 Å². The van der Waals surface area contributed by atoms with Crippen LogP contribution in [0.2, 0.25) is 0 Å². The third-order valence-corrected chi connectivity index (χ3v) is 5.67. The van der Waals surface area contributed by atoms with Crippen LogP contribution < -0.4 is 10.2 Å². The number of nitrogens with zero attached hydrogens (tertiary/aromatic N) is 1. The predicted molar refractivity (Wildman–Crippen MR) is 119 cm³/mol. The Morgan fingerprint density at radius 3 is 2.43 bits per heavy atom. The molecular weight excluding hydrogens is 376 g/mol.